The molecule has 3 heterocycles. The second-order valence-electron chi connectivity index (χ2n) is 8.07. The summed E-state index contributed by atoms with van der Waals surface area (Å²) < 4.78 is 5.57. The molecule has 2 aliphatic heterocycles. The number of carbonyl (C=O) groups is 3. The normalized spacial score (nSPS) is 20.3. The van der Waals surface area contributed by atoms with Gasteiger partial charge >= 0.3 is 0 Å². The van der Waals surface area contributed by atoms with Crippen LogP contribution in [0.1, 0.15) is 24.2 Å². The summed E-state index contributed by atoms with van der Waals surface area (Å²) in [6, 6.07) is 8.55. The summed E-state index contributed by atoms with van der Waals surface area (Å²) in [6.07, 6.45) is 1.53. The maximum absolute atomic E-state index is 12.9. The van der Waals surface area contributed by atoms with Gasteiger partial charge in [0, 0.05) is 29.6 Å². The van der Waals surface area contributed by atoms with Gasteiger partial charge in [0.05, 0.1) is 36.2 Å². The smallest absolute Gasteiger partial charge is 0.258 e. The van der Waals surface area contributed by atoms with Crippen molar-refractivity contribution < 1.29 is 19.1 Å². The summed E-state index contributed by atoms with van der Waals surface area (Å²) >= 11 is 1.51. The third-order valence-electron chi connectivity index (χ3n) is 5.57. The van der Waals surface area contributed by atoms with Crippen LogP contribution in [0.25, 0.3) is 10.9 Å². The highest BCUT2D eigenvalue weighted by molar-refractivity contribution is 7.99. The lowest BCUT2D eigenvalue weighted by molar-refractivity contribution is -0.144. The number of morpholine rings is 1. The van der Waals surface area contributed by atoms with Gasteiger partial charge in [0.15, 0.2) is 0 Å². The van der Waals surface area contributed by atoms with Gasteiger partial charge in [-0.1, -0.05) is 0 Å². The Morgan fingerprint density at radius 3 is 2.97 bits per heavy atom. The Bertz CT molecular complexity index is 1130. The van der Waals surface area contributed by atoms with E-state index in [0.29, 0.717) is 46.9 Å². The summed E-state index contributed by atoms with van der Waals surface area (Å²) in [6.45, 7) is 4.10. The molecule has 0 aliphatic carbocycles. The standard InChI is InChI=1S/C22H23N5O4S/c1-22(2)21(30)26(7-8-31-22)14-3-4-18-17(9-14)16(5-6-24-18)20(29)25-11-19(28)27-13-32-12-15(27)10-23/h3-6,9,15H,7-8,11-13H2,1-2H3,(H,25,29). The predicted octanol–water partition coefficient (Wildman–Crippen LogP) is 1.53. The third kappa shape index (κ3) is 4.13. The van der Waals surface area contributed by atoms with E-state index in [-0.39, 0.29) is 18.4 Å². The van der Waals surface area contributed by atoms with E-state index < -0.39 is 17.6 Å². The van der Waals surface area contributed by atoms with Crippen molar-refractivity contribution in [2.75, 3.05) is 36.2 Å². The average molecular weight is 454 g/mol. The lowest BCUT2D eigenvalue weighted by Gasteiger charge is -2.37. The number of ether oxygens (including phenoxy) is 1. The number of carbonyl (C=O) groups excluding carboxylic acids is 3. The van der Waals surface area contributed by atoms with Crippen LogP contribution in [0.2, 0.25) is 0 Å². The lowest BCUT2D eigenvalue weighted by Crippen LogP contribution is -2.53. The molecule has 1 aromatic heterocycles. The molecule has 2 fully saturated rings. The van der Waals surface area contributed by atoms with Gasteiger partial charge in [-0.3, -0.25) is 19.4 Å². The maximum Gasteiger partial charge on any atom is 0.258 e. The number of benzene rings is 1. The highest BCUT2D eigenvalue weighted by Gasteiger charge is 2.37. The van der Waals surface area contributed by atoms with Gasteiger partial charge in [-0.2, -0.15) is 5.26 Å². The first-order chi connectivity index (χ1) is 15.3. The summed E-state index contributed by atoms with van der Waals surface area (Å²) in [4.78, 5) is 45.6. The largest absolute Gasteiger partial charge is 0.364 e. The highest BCUT2D eigenvalue weighted by Crippen LogP contribution is 2.28. The number of amides is 3. The monoisotopic (exact) mass is 453 g/mol. The Balaban J connectivity index is 1.55. The van der Waals surface area contributed by atoms with Crippen molar-refractivity contribution in [2.45, 2.75) is 25.5 Å². The van der Waals surface area contributed by atoms with Crippen LogP contribution in [-0.4, -0.2) is 70.6 Å². The number of nitrogens with zero attached hydrogens (tertiary/aromatic N) is 4. The fourth-order valence-electron chi connectivity index (χ4n) is 3.77. The molecule has 1 aromatic carbocycles. The van der Waals surface area contributed by atoms with E-state index in [4.69, 9.17) is 10.00 Å². The number of aromatic nitrogens is 1. The van der Waals surface area contributed by atoms with Gasteiger partial charge in [0.25, 0.3) is 11.8 Å². The van der Waals surface area contributed by atoms with Gasteiger partial charge in [-0.05, 0) is 38.1 Å². The summed E-state index contributed by atoms with van der Waals surface area (Å²) in [5, 5.41) is 12.4. The molecule has 166 valence electrons. The van der Waals surface area contributed by atoms with Crippen LogP contribution in [0.4, 0.5) is 5.69 Å². The number of hydrogen-bond donors (Lipinski definition) is 1. The van der Waals surface area contributed by atoms with Crippen molar-refractivity contribution in [3.63, 3.8) is 0 Å². The fourth-order valence-corrected chi connectivity index (χ4v) is 4.88. The van der Waals surface area contributed by atoms with Crippen molar-refractivity contribution in [1.29, 1.82) is 5.26 Å². The Morgan fingerprint density at radius 1 is 1.38 bits per heavy atom. The quantitative estimate of drug-likeness (QED) is 0.746. The maximum atomic E-state index is 12.9. The van der Waals surface area contributed by atoms with Crippen molar-refractivity contribution in [1.82, 2.24) is 15.2 Å². The number of nitrogens with one attached hydrogen (secondary N) is 1. The molecule has 0 saturated carbocycles. The zero-order valence-corrected chi connectivity index (χ0v) is 18.6. The zero-order chi connectivity index (χ0) is 22.9. The van der Waals surface area contributed by atoms with Gasteiger partial charge in [0.1, 0.15) is 11.6 Å². The molecular weight excluding hydrogens is 430 g/mol. The molecule has 2 aromatic rings. The summed E-state index contributed by atoms with van der Waals surface area (Å²) in [7, 11) is 0. The summed E-state index contributed by atoms with van der Waals surface area (Å²) in [5.41, 5.74) is 0.700. The Morgan fingerprint density at radius 2 is 2.19 bits per heavy atom. The van der Waals surface area contributed by atoms with Crippen molar-refractivity contribution in [3.8, 4) is 6.07 Å². The number of anilines is 1. The second-order valence-corrected chi connectivity index (χ2v) is 9.07. The minimum Gasteiger partial charge on any atom is -0.364 e. The molecule has 4 rings (SSSR count). The third-order valence-corrected chi connectivity index (χ3v) is 6.58. The number of hydrogen-bond acceptors (Lipinski definition) is 7. The molecule has 3 amide bonds. The van der Waals surface area contributed by atoms with E-state index in [2.05, 4.69) is 16.4 Å². The van der Waals surface area contributed by atoms with Crippen molar-refractivity contribution >= 4 is 46.1 Å². The SMILES string of the molecule is CC1(C)OCCN(c2ccc3nccc(C(=O)NCC(=O)N4CSCC4C#N)c3c2)C1=O. The minimum absolute atomic E-state index is 0.154. The molecule has 0 spiro atoms. The Labute approximate surface area is 189 Å². The van der Waals surface area contributed by atoms with E-state index in [0.717, 1.165) is 0 Å². The van der Waals surface area contributed by atoms with Crippen LogP contribution in [-0.2, 0) is 14.3 Å². The predicted molar refractivity (Wildman–Crippen MR) is 120 cm³/mol. The van der Waals surface area contributed by atoms with Crippen LogP contribution in [0.15, 0.2) is 30.5 Å². The number of nitriles is 1. The first-order valence-corrected chi connectivity index (χ1v) is 11.4. The molecular formula is C22H23N5O4S. The molecule has 0 radical (unpaired) electrons. The molecule has 1 atom stereocenters. The average Bonchev–Trinajstić information content (AvgIpc) is 3.27. The van der Waals surface area contributed by atoms with Crippen LogP contribution in [0.5, 0.6) is 0 Å². The second kappa shape index (κ2) is 8.76. The van der Waals surface area contributed by atoms with E-state index in [9.17, 15) is 14.4 Å². The number of pyridine rings is 1. The van der Waals surface area contributed by atoms with E-state index in [1.54, 1.807) is 43.0 Å². The van der Waals surface area contributed by atoms with Gasteiger partial charge < -0.3 is 19.9 Å². The topological polar surface area (TPSA) is 116 Å². The molecule has 1 N–H and O–H groups in total. The number of rotatable bonds is 4. The van der Waals surface area contributed by atoms with Crippen molar-refractivity contribution in [2.24, 2.45) is 0 Å². The zero-order valence-electron chi connectivity index (χ0n) is 17.8. The van der Waals surface area contributed by atoms with Crippen LogP contribution in [0, 0.1) is 11.3 Å². The van der Waals surface area contributed by atoms with E-state index in [1.165, 1.54) is 22.9 Å². The highest BCUT2D eigenvalue weighted by atomic mass is 32.2. The molecule has 32 heavy (non-hydrogen) atoms. The number of fused-ring (bicyclic) bond motifs is 1. The molecule has 0 bridgehead atoms. The number of thioether (sulfide) groups is 1. The molecule has 2 aliphatic rings. The van der Waals surface area contributed by atoms with Gasteiger partial charge in [0.2, 0.25) is 5.91 Å². The Kier molecular flexibility index (Phi) is 6.04. The fraction of sp³-hybridized carbons (Fsp3) is 0.409. The minimum atomic E-state index is -0.919. The van der Waals surface area contributed by atoms with E-state index in [1.807, 2.05) is 0 Å². The van der Waals surface area contributed by atoms with Crippen LogP contribution in [0.3, 0.4) is 0 Å². The first-order valence-electron chi connectivity index (χ1n) is 10.2. The molecule has 1 unspecified atom stereocenters. The first kappa shape index (κ1) is 22.0. The lowest BCUT2D eigenvalue weighted by atomic mass is 10.0. The van der Waals surface area contributed by atoms with Crippen LogP contribution < -0.4 is 10.2 Å². The van der Waals surface area contributed by atoms with Gasteiger partial charge in [-0.15, -0.1) is 11.8 Å². The molecule has 9 nitrogen and oxygen atoms in total. The summed E-state index contributed by atoms with van der Waals surface area (Å²) in [5.74, 6) is 0.148. The van der Waals surface area contributed by atoms with Crippen LogP contribution >= 0.6 is 11.8 Å². The molecule has 2 saturated heterocycles. The Hall–Kier alpha value is -3.16. The molecule has 10 heteroatoms. The van der Waals surface area contributed by atoms with Crippen molar-refractivity contribution in [3.05, 3.63) is 36.0 Å². The van der Waals surface area contributed by atoms with E-state index >= 15 is 0 Å². The van der Waals surface area contributed by atoms with Gasteiger partial charge in [-0.25, -0.2) is 0 Å².